The zero-order chi connectivity index (χ0) is 16.5. The van der Waals surface area contributed by atoms with Gasteiger partial charge in [0.05, 0.1) is 19.3 Å². The first kappa shape index (κ1) is 17.1. The summed E-state index contributed by atoms with van der Waals surface area (Å²) in [5.74, 6) is 0.253. The Morgan fingerprint density at radius 3 is 2.41 bits per heavy atom. The number of benzene rings is 1. The van der Waals surface area contributed by atoms with Crippen molar-refractivity contribution >= 4 is 0 Å². The van der Waals surface area contributed by atoms with E-state index < -0.39 is 17.3 Å². The van der Waals surface area contributed by atoms with Gasteiger partial charge >= 0.3 is 6.18 Å². The molecule has 124 valence electrons. The molecule has 2 atom stereocenters. The van der Waals surface area contributed by atoms with Gasteiger partial charge in [0.25, 0.3) is 0 Å². The maximum atomic E-state index is 13.2. The number of halogens is 3. The van der Waals surface area contributed by atoms with Gasteiger partial charge < -0.3 is 14.8 Å². The number of fused-ring (bicyclic) bond motifs is 2. The van der Waals surface area contributed by atoms with Gasteiger partial charge in [-0.2, -0.15) is 13.2 Å². The van der Waals surface area contributed by atoms with Crippen LogP contribution in [0.5, 0.6) is 5.75 Å². The van der Waals surface area contributed by atoms with Gasteiger partial charge in [0, 0.05) is 18.2 Å². The van der Waals surface area contributed by atoms with Crippen molar-refractivity contribution in [3.05, 3.63) is 28.8 Å². The first-order chi connectivity index (χ1) is 10.4. The molecule has 2 aliphatic rings. The second kappa shape index (κ2) is 6.08. The Morgan fingerprint density at radius 2 is 2.00 bits per heavy atom. The van der Waals surface area contributed by atoms with Gasteiger partial charge in [0.2, 0.25) is 0 Å². The normalized spacial score (nSPS) is 26.6. The molecule has 2 bridgehead atoms. The van der Waals surface area contributed by atoms with E-state index in [-0.39, 0.29) is 17.4 Å². The summed E-state index contributed by atoms with van der Waals surface area (Å²) in [5.41, 5.74) is -0.647. The van der Waals surface area contributed by atoms with Crippen LogP contribution >= 0.6 is 0 Å². The summed E-state index contributed by atoms with van der Waals surface area (Å²) in [6, 6.07) is 3.10. The van der Waals surface area contributed by atoms with Crippen molar-refractivity contribution in [3.8, 4) is 5.75 Å². The first-order valence-corrected chi connectivity index (χ1v) is 7.49. The van der Waals surface area contributed by atoms with Crippen molar-refractivity contribution in [2.45, 2.75) is 45.0 Å². The molecule has 2 heterocycles. The summed E-state index contributed by atoms with van der Waals surface area (Å²) in [6.45, 7) is 6.51. The number of morpholine rings is 1. The molecule has 6 heteroatoms. The zero-order valence-corrected chi connectivity index (χ0v) is 13.3. The van der Waals surface area contributed by atoms with Gasteiger partial charge in [-0.3, -0.25) is 0 Å². The van der Waals surface area contributed by atoms with E-state index in [9.17, 15) is 13.2 Å². The van der Waals surface area contributed by atoms with Gasteiger partial charge in [-0.25, -0.2) is 0 Å². The van der Waals surface area contributed by atoms with Crippen molar-refractivity contribution in [2.75, 3.05) is 20.3 Å². The Balaban J connectivity index is 0.000000847. The van der Waals surface area contributed by atoms with E-state index in [1.807, 2.05) is 13.8 Å². The average molecular weight is 317 g/mol. The summed E-state index contributed by atoms with van der Waals surface area (Å²) >= 11 is 0. The molecule has 2 unspecified atom stereocenters. The van der Waals surface area contributed by atoms with E-state index in [1.54, 1.807) is 6.07 Å². The predicted molar refractivity (Wildman–Crippen MR) is 78.1 cm³/mol. The van der Waals surface area contributed by atoms with Crippen molar-refractivity contribution in [1.29, 1.82) is 0 Å². The maximum absolute atomic E-state index is 13.2. The number of hydrogen-bond donors (Lipinski definition) is 1. The topological polar surface area (TPSA) is 30.5 Å². The third-order valence-corrected chi connectivity index (χ3v) is 4.22. The van der Waals surface area contributed by atoms with Crippen molar-refractivity contribution < 1.29 is 22.6 Å². The molecule has 3 nitrogen and oxygen atoms in total. The molecule has 1 aromatic carbocycles. The van der Waals surface area contributed by atoms with Crippen LogP contribution < -0.4 is 10.1 Å². The molecule has 2 aliphatic heterocycles. The third-order valence-electron chi connectivity index (χ3n) is 4.22. The van der Waals surface area contributed by atoms with Gasteiger partial charge in [-0.1, -0.05) is 13.8 Å². The highest BCUT2D eigenvalue weighted by Crippen LogP contribution is 2.45. The van der Waals surface area contributed by atoms with Gasteiger partial charge in [-0.15, -0.1) is 0 Å². The third kappa shape index (κ3) is 2.82. The molecule has 0 radical (unpaired) electrons. The van der Waals surface area contributed by atoms with Crippen LogP contribution in [0.25, 0.3) is 0 Å². The van der Waals surface area contributed by atoms with E-state index in [4.69, 9.17) is 9.47 Å². The highest BCUT2D eigenvalue weighted by atomic mass is 19.4. The highest BCUT2D eigenvalue weighted by Gasteiger charge is 2.48. The highest BCUT2D eigenvalue weighted by molar-refractivity contribution is 5.47. The average Bonchev–Trinajstić information content (AvgIpc) is 3.10. The lowest BCUT2D eigenvalue weighted by Crippen LogP contribution is -2.37. The van der Waals surface area contributed by atoms with Crippen LogP contribution in [-0.4, -0.2) is 26.3 Å². The molecule has 3 rings (SSSR count). The van der Waals surface area contributed by atoms with Crippen LogP contribution in [0.2, 0.25) is 0 Å². The van der Waals surface area contributed by atoms with E-state index in [2.05, 4.69) is 5.32 Å². The van der Waals surface area contributed by atoms with E-state index in [1.165, 1.54) is 20.1 Å². The minimum absolute atomic E-state index is 0.112. The number of ether oxygens (including phenoxy) is 2. The van der Waals surface area contributed by atoms with Crippen LogP contribution in [0.3, 0.4) is 0 Å². The second-order valence-corrected chi connectivity index (χ2v) is 5.44. The fourth-order valence-electron chi connectivity index (χ4n) is 3.10. The Kier molecular flexibility index (Phi) is 4.73. The molecule has 22 heavy (non-hydrogen) atoms. The summed E-state index contributed by atoms with van der Waals surface area (Å²) in [4.78, 5) is 0. The molecule has 1 N–H and O–H groups in total. The van der Waals surface area contributed by atoms with Gasteiger partial charge in [0.1, 0.15) is 11.4 Å². The van der Waals surface area contributed by atoms with E-state index in [0.29, 0.717) is 25.1 Å². The lowest BCUT2D eigenvalue weighted by Gasteiger charge is -2.29. The second-order valence-electron chi connectivity index (χ2n) is 5.44. The van der Waals surface area contributed by atoms with Gasteiger partial charge in [-0.05, 0) is 31.0 Å². The van der Waals surface area contributed by atoms with Crippen LogP contribution in [0.4, 0.5) is 13.2 Å². The smallest absolute Gasteiger partial charge is 0.416 e. The fourth-order valence-corrected chi connectivity index (χ4v) is 3.10. The molecule has 0 amide bonds. The largest absolute Gasteiger partial charge is 0.496 e. The summed E-state index contributed by atoms with van der Waals surface area (Å²) in [5, 5.41) is 3.26. The monoisotopic (exact) mass is 317 g/mol. The number of hydrogen-bond acceptors (Lipinski definition) is 3. The first-order valence-electron chi connectivity index (χ1n) is 7.49. The Bertz CT molecular complexity index is 535. The Labute approximate surface area is 128 Å². The number of rotatable bonds is 2. The molecule has 0 aliphatic carbocycles. The summed E-state index contributed by atoms with van der Waals surface area (Å²) in [6.07, 6.45) is -3.69. The van der Waals surface area contributed by atoms with Gasteiger partial charge in [0.15, 0.2) is 0 Å². The maximum Gasteiger partial charge on any atom is 0.416 e. The number of methoxy groups -OCH3 is 1. The molecule has 1 aromatic rings. The molecule has 2 saturated heterocycles. The van der Waals surface area contributed by atoms with Crippen molar-refractivity contribution in [1.82, 2.24) is 5.32 Å². The molecule has 0 saturated carbocycles. The van der Waals surface area contributed by atoms with Crippen LogP contribution in [0, 0.1) is 6.92 Å². The minimum atomic E-state index is -4.39. The molecule has 2 fully saturated rings. The quantitative estimate of drug-likeness (QED) is 0.903. The minimum Gasteiger partial charge on any atom is -0.496 e. The lowest BCUT2D eigenvalue weighted by molar-refractivity contribution is -0.138. The Morgan fingerprint density at radius 1 is 1.32 bits per heavy atom. The number of alkyl halides is 3. The van der Waals surface area contributed by atoms with Crippen molar-refractivity contribution in [2.24, 2.45) is 0 Å². The van der Waals surface area contributed by atoms with Crippen LogP contribution in [0.1, 0.15) is 37.0 Å². The molecule has 0 spiro atoms. The SMILES string of the molecule is CC.COc1cc(C23CNC(CO2)C3)cc(C(F)(F)F)c1C. The summed E-state index contributed by atoms with van der Waals surface area (Å²) in [7, 11) is 1.38. The predicted octanol–water partition coefficient (Wildman–Crippen LogP) is 3.64. The Hall–Kier alpha value is -1.27. The number of nitrogens with one attached hydrogen (secondary N) is 1. The fraction of sp³-hybridized carbons (Fsp3) is 0.625. The van der Waals surface area contributed by atoms with E-state index in [0.717, 1.165) is 0 Å². The zero-order valence-electron chi connectivity index (χ0n) is 13.3. The molecular formula is C16H22F3NO2. The van der Waals surface area contributed by atoms with Crippen LogP contribution in [-0.2, 0) is 16.5 Å². The molecular weight excluding hydrogens is 295 g/mol. The van der Waals surface area contributed by atoms with Crippen molar-refractivity contribution in [3.63, 3.8) is 0 Å². The van der Waals surface area contributed by atoms with Crippen LogP contribution in [0.15, 0.2) is 12.1 Å². The van der Waals surface area contributed by atoms with E-state index >= 15 is 0 Å². The summed E-state index contributed by atoms with van der Waals surface area (Å²) < 4.78 is 50.3. The standard InChI is InChI=1S/C14H16F3NO2.C2H6/c1-8-11(14(15,16)17)3-9(4-12(8)19-2)13-5-10(6-20-13)18-7-13;1-2/h3-4,10,18H,5-7H2,1-2H3;1-2H3. The molecule has 0 aromatic heterocycles. The lowest BCUT2D eigenvalue weighted by atomic mass is 9.89.